The minimum Gasteiger partial charge on any atom is -0.438 e. The van der Waals surface area contributed by atoms with Crippen LogP contribution >= 0.6 is 0 Å². The fourth-order valence-corrected chi connectivity index (χ4v) is 1.44. The quantitative estimate of drug-likeness (QED) is 0.758. The highest BCUT2D eigenvalue weighted by Crippen LogP contribution is 2.44. The molecule has 0 aromatic carbocycles. The molecule has 2 N–H and O–H groups in total. The van der Waals surface area contributed by atoms with Gasteiger partial charge in [-0.2, -0.15) is 0 Å². The number of aliphatic hydroxyl groups is 1. The molecule has 1 saturated carbocycles. The minimum atomic E-state index is -0.260. The fraction of sp³-hybridized carbons (Fsp3) is 0.600. The maximum Gasteiger partial charge on any atom is 0.289 e. The van der Waals surface area contributed by atoms with Crippen LogP contribution in [0, 0.1) is 12.3 Å². The molecular weight excluding hydrogens is 196 g/mol. The summed E-state index contributed by atoms with van der Waals surface area (Å²) in [5, 5.41) is 11.8. The van der Waals surface area contributed by atoms with Crippen molar-refractivity contribution in [3.05, 3.63) is 17.8 Å². The van der Waals surface area contributed by atoms with E-state index in [2.05, 4.69) is 10.3 Å². The molecule has 1 amide bonds. The molecule has 82 valence electrons. The van der Waals surface area contributed by atoms with Gasteiger partial charge >= 0.3 is 0 Å². The number of aromatic nitrogens is 1. The zero-order valence-corrected chi connectivity index (χ0v) is 8.62. The van der Waals surface area contributed by atoms with Gasteiger partial charge in [-0.25, -0.2) is 4.98 Å². The van der Waals surface area contributed by atoms with E-state index in [0.29, 0.717) is 12.2 Å². The van der Waals surface area contributed by atoms with Crippen LogP contribution in [0.2, 0.25) is 0 Å². The van der Waals surface area contributed by atoms with E-state index in [4.69, 9.17) is 9.52 Å². The number of carbonyl (C=O) groups excluding carboxylic acids is 1. The van der Waals surface area contributed by atoms with Gasteiger partial charge in [0, 0.05) is 12.0 Å². The van der Waals surface area contributed by atoms with E-state index >= 15 is 0 Å². The summed E-state index contributed by atoms with van der Waals surface area (Å²) >= 11 is 0. The molecular formula is C10H14N2O3. The Balaban J connectivity index is 1.91. The van der Waals surface area contributed by atoms with Crippen LogP contribution in [0.3, 0.4) is 0 Å². The zero-order chi connectivity index (χ0) is 10.9. The first-order valence-corrected chi connectivity index (χ1v) is 4.96. The number of amides is 1. The van der Waals surface area contributed by atoms with Gasteiger partial charge in [0.25, 0.3) is 5.91 Å². The van der Waals surface area contributed by atoms with E-state index < -0.39 is 0 Å². The van der Waals surface area contributed by atoms with Crippen molar-refractivity contribution in [3.8, 4) is 0 Å². The first-order valence-electron chi connectivity index (χ1n) is 4.96. The molecule has 1 aliphatic carbocycles. The second kappa shape index (κ2) is 3.66. The molecule has 15 heavy (non-hydrogen) atoms. The predicted molar refractivity (Wildman–Crippen MR) is 52.3 cm³/mol. The lowest BCUT2D eigenvalue weighted by Crippen LogP contribution is -2.31. The van der Waals surface area contributed by atoms with Crippen molar-refractivity contribution >= 4 is 5.91 Å². The van der Waals surface area contributed by atoms with Crippen LogP contribution in [0.15, 0.2) is 10.8 Å². The summed E-state index contributed by atoms with van der Waals surface area (Å²) < 4.78 is 4.96. The van der Waals surface area contributed by atoms with Gasteiger partial charge in [0.2, 0.25) is 5.76 Å². The van der Waals surface area contributed by atoms with E-state index in [0.717, 1.165) is 12.8 Å². The molecule has 0 saturated heterocycles. The van der Waals surface area contributed by atoms with Gasteiger partial charge in [0.1, 0.15) is 0 Å². The highest BCUT2D eigenvalue weighted by Gasteiger charge is 2.42. The normalized spacial score (nSPS) is 17.5. The van der Waals surface area contributed by atoms with Crippen LogP contribution < -0.4 is 5.32 Å². The lowest BCUT2D eigenvalue weighted by Gasteiger charge is -2.11. The Morgan fingerprint density at radius 2 is 2.47 bits per heavy atom. The Morgan fingerprint density at radius 3 is 2.93 bits per heavy atom. The number of aryl methyl sites for hydroxylation is 1. The molecule has 0 bridgehead atoms. The molecule has 2 rings (SSSR count). The molecule has 1 aromatic rings. The lowest BCUT2D eigenvalue weighted by atomic mass is 10.1. The van der Waals surface area contributed by atoms with Crippen molar-refractivity contribution < 1.29 is 14.3 Å². The summed E-state index contributed by atoms with van der Waals surface area (Å²) in [7, 11) is 0. The monoisotopic (exact) mass is 210 g/mol. The Kier molecular flexibility index (Phi) is 2.48. The smallest absolute Gasteiger partial charge is 0.289 e. The highest BCUT2D eigenvalue weighted by atomic mass is 16.3. The summed E-state index contributed by atoms with van der Waals surface area (Å²) in [4.78, 5) is 15.4. The summed E-state index contributed by atoms with van der Waals surface area (Å²) in [6.07, 6.45) is 3.20. The van der Waals surface area contributed by atoms with Crippen LogP contribution in [-0.2, 0) is 0 Å². The molecule has 0 radical (unpaired) electrons. The second-order valence-electron chi connectivity index (χ2n) is 4.11. The molecule has 0 atom stereocenters. The maximum absolute atomic E-state index is 11.6. The molecule has 1 aliphatic rings. The minimum absolute atomic E-state index is 0.0798. The Bertz CT molecular complexity index is 368. The zero-order valence-electron chi connectivity index (χ0n) is 8.62. The third-order valence-electron chi connectivity index (χ3n) is 2.87. The molecule has 1 fully saturated rings. The third kappa shape index (κ3) is 2.02. The van der Waals surface area contributed by atoms with Gasteiger partial charge < -0.3 is 14.8 Å². The molecule has 1 aromatic heterocycles. The Hall–Kier alpha value is -1.36. The van der Waals surface area contributed by atoms with Crippen LogP contribution in [0.5, 0.6) is 0 Å². The van der Waals surface area contributed by atoms with Crippen LogP contribution in [0.25, 0.3) is 0 Å². The summed E-state index contributed by atoms with van der Waals surface area (Å²) in [6, 6.07) is 0. The number of nitrogens with one attached hydrogen (secondary N) is 1. The molecule has 1 heterocycles. The van der Waals surface area contributed by atoms with E-state index in [-0.39, 0.29) is 23.7 Å². The SMILES string of the molecule is Cc1ncoc1C(=O)NCC1(CO)CC1. The summed E-state index contributed by atoms with van der Waals surface area (Å²) in [6.45, 7) is 2.35. The number of hydrogen-bond acceptors (Lipinski definition) is 4. The second-order valence-corrected chi connectivity index (χ2v) is 4.11. The van der Waals surface area contributed by atoms with Crippen molar-refractivity contribution in [2.24, 2.45) is 5.41 Å². The third-order valence-corrected chi connectivity index (χ3v) is 2.87. The van der Waals surface area contributed by atoms with E-state index in [1.165, 1.54) is 6.39 Å². The van der Waals surface area contributed by atoms with Crippen LogP contribution in [-0.4, -0.2) is 29.1 Å². The van der Waals surface area contributed by atoms with Gasteiger partial charge in [-0.1, -0.05) is 0 Å². The van der Waals surface area contributed by atoms with E-state index in [1.807, 2.05) is 0 Å². The van der Waals surface area contributed by atoms with Gasteiger partial charge in [-0.3, -0.25) is 4.79 Å². The van der Waals surface area contributed by atoms with E-state index in [1.54, 1.807) is 6.92 Å². The number of oxazole rings is 1. The number of nitrogens with zero attached hydrogens (tertiary/aromatic N) is 1. The first kappa shape index (κ1) is 10.2. The van der Waals surface area contributed by atoms with Gasteiger partial charge in [-0.05, 0) is 19.8 Å². The van der Waals surface area contributed by atoms with E-state index in [9.17, 15) is 4.79 Å². The standard InChI is InChI=1S/C10H14N2O3/c1-7-8(15-6-12-7)9(14)11-4-10(5-13)2-3-10/h6,13H,2-5H2,1H3,(H,11,14). The van der Waals surface area contributed by atoms with Crippen molar-refractivity contribution in [3.63, 3.8) is 0 Å². The van der Waals surface area contributed by atoms with Crippen molar-refractivity contribution in [2.75, 3.05) is 13.2 Å². The lowest BCUT2D eigenvalue weighted by molar-refractivity contribution is 0.0906. The summed E-state index contributed by atoms with van der Waals surface area (Å²) in [5.74, 6) is -0.00605. The first-order chi connectivity index (χ1) is 7.17. The topological polar surface area (TPSA) is 75.4 Å². The van der Waals surface area contributed by atoms with Crippen LogP contribution in [0.4, 0.5) is 0 Å². The molecule has 0 aliphatic heterocycles. The van der Waals surface area contributed by atoms with Gasteiger partial charge in [-0.15, -0.1) is 0 Å². The Labute approximate surface area is 87.5 Å². The number of rotatable bonds is 4. The molecule has 5 nitrogen and oxygen atoms in total. The van der Waals surface area contributed by atoms with Crippen molar-refractivity contribution in [1.82, 2.24) is 10.3 Å². The molecule has 0 unspecified atom stereocenters. The molecule has 5 heteroatoms. The van der Waals surface area contributed by atoms with Crippen molar-refractivity contribution in [1.29, 1.82) is 0 Å². The average molecular weight is 210 g/mol. The predicted octanol–water partition coefficient (Wildman–Crippen LogP) is 0.485. The van der Waals surface area contributed by atoms with Gasteiger partial charge in [0.05, 0.1) is 12.3 Å². The number of carbonyl (C=O) groups is 1. The molecule has 0 spiro atoms. The Morgan fingerprint density at radius 1 is 1.73 bits per heavy atom. The van der Waals surface area contributed by atoms with Gasteiger partial charge in [0.15, 0.2) is 6.39 Å². The average Bonchev–Trinajstić information content (AvgIpc) is 2.91. The van der Waals surface area contributed by atoms with Crippen LogP contribution in [0.1, 0.15) is 29.1 Å². The summed E-state index contributed by atoms with van der Waals surface area (Å²) in [5.41, 5.74) is 0.505. The largest absolute Gasteiger partial charge is 0.438 e. The number of hydrogen-bond donors (Lipinski definition) is 2. The number of aliphatic hydroxyl groups excluding tert-OH is 1. The maximum atomic E-state index is 11.6. The highest BCUT2D eigenvalue weighted by molar-refractivity contribution is 5.92. The van der Waals surface area contributed by atoms with Crippen molar-refractivity contribution in [2.45, 2.75) is 19.8 Å². The fourth-order valence-electron chi connectivity index (χ4n) is 1.44.